The molecule has 16 heavy (non-hydrogen) atoms. The van der Waals surface area contributed by atoms with Crippen molar-refractivity contribution < 1.29 is 0 Å². The standard InChI is InChI=1S/C16H24/c1-2-7-13(6-1)15-10-5-11-16(12-15)14-8-3-4-9-14/h5,10,12-14,16H,1-4,6-9,11H2. The van der Waals surface area contributed by atoms with E-state index >= 15 is 0 Å². The van der Waals surface area contributed by atoms with Gasteiger partial charge in [-0.15, -0.1) is 0 Å². The van der Waals surface area contributed by atoms with E-state index in [1.165, 1.54) is 57.8 Å². The van der Waals surface area contributed by atoms with Crippen LogP contribution in [-0.2, 0) is 0 Å². The Labute approximate surface area is 99.8 Å². The van der Waals surface area contributed by atoms with E-state index in [9.17, 15) is 0 Å². The molecule has 0 amide bonds. The van der Waals surface area contributed by atoms with Crippen LogP contribution in [0.2, 0.25) is 0 Å². The van der Waals surface area contributed by atoms with Crippen LogP contribution >= 0.6 is 0 Å². The number of hydrogen-bond donors (Lipinski definition) is 0. The number of allylic oxidation sites excluding steroid dienone is 4. The summed E-state index contributed by atoms with van der Waals surface area (Å²) in [4.78, 5) is 0. The quantitative estimate of drug-likeness (QED) is 0.618. The minimum absolute atomic E-state index is 0.892. The molecule has 0 radical (unpaired) electrons. The lowest BCUT2D eigenvalue weighted by atomic mass is 9.81. The van der Waals surface area contributed by atoms with Crippen molar-refractivity contribution in [1.29, 1.82) is 0 Å². The van der Waals surface area contributed by atoms with Crippen LogP contribution in [0, 0.1) is 17.8 Å². The Morgan fingerprint density at radius 2 is 1.56 bits per heavy atom. The highest BCUT2D eigenvalue weighted by Gasteiger charge is 2.26. The first-order valence-corrected chi connectivity index (χ1v) is 7.32. The van der Waals surface area contributed by atoms with E-state index in [-0.39, 0.29) is 0 Å². The van der Waals surface area contributed by atoms with Gasteiger partial charge in [0, 0.05) is 0 Å². The van der Waals surface area contributed by atoms with Gasteiger partial charge in [0.15, 0.2) is 0 Å². The van der Waals surface area contributed by atoms with Crippen LogP contribution in [0.25, 0.3) is 0 Å². The van der Waals surface area contributed by atoms with Crippen molar-refractivity contribution >= 4 is 0 Å². The lowest BCUT2D eigenvalue weighted by Crippen LogP contribution is -2.13. The maximum absolute atomic E-state index is 2.66. The number of rotatable bonds is 2. The van der Waals surface area contributed by atoms with Crippen LogP contribution in [-0.4, -0.2) is 0 Å². The largest absolute Gasteiger partial charge is 0.0837 e. The van der Waals surface area contributed by atoms with Crippen molar-refractivity contribution in [2.45, 2.75) is 57.8 Å². The van der Waals surface area contributed by atoms with Crippen molar-refractivity contribution in [2.75, 3.05) is 0 Å². The summed E-state index contributed by atoms with van der Waals surface area (Å²) in [6.07, 6.45) is 20.6. The van der Waals surface area contributed by atoms with E-state index in [2.05, 4.69) is 18.2 Å². The van der Waals surface area contributed by atoms with Gasteiger partial charge in [0.25, 0.3) is 0 Å². The number of hydrogen-bond acceptors (Lipinski definition) is 0. The Bertz CT molecular complexity index is 285. The van der Waals surface area contributed by atoms with E-state index in [4.69, 9.17) is 0 Å². The van der Waals surface area contributed by atoms with Crippen LogP contribution in [0.1, 0.15) is 57.8 Å². The molecule has 3 aliphatic carbocycles. The summed E-state index contributed by atoms with van der Waals surface area (Å²) in [6, 6.07) is 0. The summed E-state index contributed by atoms with van der Waals surface area (Å²) in [5, 5.41) is 0. The molecule has 0 aromatic rings. The Morgan fingerprint density at radius 1 is 0.875 bits per heavy atom. The SMILES string of the molecule is C1=CC(C2CCCC2)=CC(C2CCCC2)C1. The second-order valence-electron chi connectivity index (χ2n) is 5.99. The third-order valence-electron chi connectivity index (χ3n) is 4.96. The van der Waals surface area contributed by atoms with E-state index in [0.29, 0.717) is 0 Å². The minimum atomic E-state index is 0.892. The lowest BCUT2D eigenvalue weighted by Gasteiger charge is -2.24. The molecule has 0 aromatic heterocycles. The first-order valence-electron chi connectivity index (χ1n) is 7.32. The van der Waals surface area contributed by atoms with Crippen molar-refractivity contribution in [3.05, 3.63) is 23.8 Å². The molecule has 0 aromatic carbocycles. The van der Waals surface area contributed by atoms with Crippen LogP contribution in [0.15, 0.2) is 23.8 Å². The second kappa shape index (κ2) is 4.77. The molecule has 0 heterocycles. The maximum atomic E-state index is 2.66. The zero-order chi connectivity index (χ0) is 10.8. The summed E-state index contributed by atoms with van der Waals surface area (Å²) < 4.78 is 0. The Balaban J connectivity index is 1.69. The Morgan fingerprint density at radius 3 is 2.31 bits per heavy atom. The first-order chi connectivity index (χ1) is 7.93. The predicted molar refractivity (Wildman–Crippen MR) is 69.2 cm³/mol. The van der Waals surface area contributed by atoms with Gasteiger partial charge in [-0.05, 0) is 55.4 Å². The zero-order valence-electron chi connectivity index (χ0n) is 10.3. The van der Waals surface area contributed by atoms with Crippen molar-refractivity contribution in [3.63, 3.8) is 0 Å². The van der Waals surface area contributed by atoms with Gasteiger partial charge in [-0.2, -0.15) is 0 Å². The molecule has 0 N–H and O–H groups in total. The lowest BCUT2D eigenvalue weighted by molar-refractivity contribution is 0.400. The summed E-state index contributed by atoms with van der Waals surface area (Å²) in [6.45, 7) is 0. The van der Waals surface area contributed by atoms with E-state index in [0.717, 1.165) is 17.8 Å². The van der Waals surface area contributed by atoms with E-state index in [1.807, 2.05) is 0 Å². The van der Waals surface area contributed by atoms with Crippen LogP contribution in [0.5, 0.6) is 0 Å². The smallest absolute Gasteiger partial charge is 0.0165 e. The average Bonchev–Trinajstić information content (AvgIpc) is 3.03. The van der Waals surface area contributed by atoms with Crippen molar-refractivity contribution in [3.8, 4) is 0 Å². The fraction of sp³-hybridized carbons (Fsp3) is 0.750. The molecule has 1 atom stereocenters. The average molecular weight is 216 g/mol. The molecule has 3 aliphatic rings. The van der Waals surface area contributed by atoms with Gasteiger partial charge in [0.05, 0.1) is 0 Å². The zero-order valence-corrected chi connectivity index (χ0v) is 10.3. The minimum Gasteiger partial charge on any atom is -0.0837 e. The predicted octanol–water partition coefficient (Wildman–Crippen LogP) is 4.87. The molecule has 3 rings (SSSR count). The third-order valence-corrected chi connectivity index (χ3v) is 4.96. The van der Waals surface area contributed by atoms with Crippen LogP contribution in [0.3, 0.4) is 0 Å². The fourth-order valence-corrected chi connectivity index (χ4v) is 3.98. The molecule has 0 nitrogen and oxygen atoms in total. The monoisotopic (exact) mass is 216 g/mol. The van der Waals surface area contributed by atoms with Crippen LogP contribution in [0.4, 0.5) is 0 Å². The third kappa shape index (κ3) is 2.12. The topological polar surface area (TPSA) is 0 Å². The van der Waals surface area contributed by atoms with Gasteiger partial charge in [-0.25, -0.2) is 0 Å². The van der Waals surface area contributed by atoms with E-state index in [1.54, 1.807) is 5.57 Å². The molecule has 88 valence electrons. The van der Waals surface area contributed by atoms with Gasteiger partial charge >= 0.3 is 0 Å². The Hall–Kier alpha value is -0.520. The highest BCUT2D eigenvalue weighted by Crippen LogP contribution is 2.40. The molecule has 0 saturated heterocycles. The van der Waals surface area contributed by atoms with Gasteiger partial charge < -0.3 is 0 Å². The highest BCUT2D eigenvalue weighted by atomic mass is 14.3. The molecule has 0 heteroatoms. The summed E-state index contributed by atoms with van der Waals surface area (Å²) in [7, 11) is 0. The fourth-order valence-electron chi connectivity index (χ4n) is 3.98. The molecule has 2 fully saturated rings. The van der Waals surface area contributed by atoms with Crippen LogP contribution < -0.4 is 0 Å². The Kier molecular flexibility index (Phi) is 3.17. The van der Waals surface area contributed by atoms with Gasteiger partial charge in [0.1, 0.15) is 0 Å². The second-order valence-corrected chi connectivity index (χ2v) is 5.99. The highest BCUT2D eigenvalue weighted by molar-refractivity contribution is 5.27. The maximum Gasteiger partial charge on any atom is -0.0165 e. The normalized spacial score (nSPS) is 32.2. The van der Waals surface area contributed by atoms with Gasteiger partial charge in [-0.1, -0.05) is 43.9 Å². The molecule has 1 unspecified atom stereocenters. The van der Waals surface area contributed by atoms with Crippen molar-refractivity contribution in [1.82, 2.24) is 0 Å². The molecular formula is C16H24. The summed E-state index contributed by atoms with van der Waals surface area (Å²) in [5.74, 6) is 2.82. The molecule has 0 spiro atoms. The first kappa shape index (κ1) is 10.6. The molecule has 0 bridgehead atoms. The molecular weight excluding hydrogens is 192 g/mol. The molecule has 0 aliphatic heterocycles. The van der Waals surface area contributed by atoms with E-state index < -0.39 is 0 Å². The van der Waals surface area contributed by atoms with Gasteiger partial charge in [0.2, 0.25) is 0 Å². The summed E-state index contributed by atoms with van der Waals surface area (Å²) >= 11 is 0. The summed E-state index contributed by atoms with van der Waals surface area (Å²) in [5.41, 5.74) is 1.70. The van der Waals surface area contributed by atoms with Crippen molar-refractivity contribution in [2.24, 2.45) is 17.8 Å². The van der Waals surface area contributed by atoms with Gasteiger partial charge in [-0.3, -0.25) is 0 Å². The molecule has 2 saturated carbocycles.